The Bertz CT molecular complexity index is 555. The maximum atomic E-state index is 9.93. The van der Waals surface area contributed by atoms with Crippen LogP contribution in [0.3, 0.4) is 0 Å². The van der Waals surface area contributed by atoms with Crippen molar-refractivity contribution in [3.63, 3.8) is 0 Å². The third-order valence-electron chi connectivity index (χ3n) is 6.91. The van der Waals surface area contributed by atoms with Gasteiger partial charge in [-0.05, 0) is 66.9 Å². The minimum atomic E-state index is 0.231. The summed E-state index contributed by atoms with van der Waals surface area (Å²) in [4.78, 5) is 2.77. The summed E-state index contributed by atoms with van der Waals surface area (Å²) in [5.41, 5.74) is 3.10. The highest BCUT2D eigenvalue weighted by Gasteiger charge is 2.48. The van der Waals surface area contributed by atoms with Crippen LogP contribution in [0.1, 0.15) is 76.8 Å². The molecule has 2 heteroatoms. The van der Waals surface area contributed by atoms with Crippen LogP contribution in [0.5, 0.6) is 5.75 Å². The van der Waals surface area contributed by atoms with Gasteiger partial charge in [-0.1, -0.05) is 58.9 Å². The van der Waals surface area contributed by atoms with Crippen LogP contribution in [-0.4, -0.2) is 29.1 Å². The van der Waals surface area contributed by atoms with E-state index in [0.717, 1.165) is 6.42 Å². The van der Waals surface area contributed by atoms with Gasteiger partial charge in [-0.2, -0.15) is 0 Å². The predicted octanol–water partition coefficient (Wildman–Crippen LogP) is 5.28. The molecule has 1 N–H and O–H groups in total. The molecule has 1 fully saturated rings. The van der Waals surface area contributed by atoms with E-state index in [-0.39, 0.29) is 5.41 Å². The lowest BCUT2D eigenvalue weighted by Crippen LogP contribution is -2.58. The van der Waals surface area contributed by atoms with Crippen LogP contribution < -0.4 is 0 Å². The monoisotopic (exact) mass is 329 g/mol. The van der Waals surface area contributed by atoms with Gasteiger partial charge in [0, 0.05) is 6.04 Å². The number of aromatic hydroxyl groups is 1. The molecule has 134 valence electrons. The summed E-state index contributed by atoms with van der Waals surface area (Å²) < 4.78 is 0. The van der Waals surface area contributed by atoms with Gasteiger partial charge in [0.1, 0.15) is 5.75 Å². The van der Waals surface area contributed by atoms with Gasteiger partial charge < -0.3 is 5.11 Å². The fourth-order valence-electron chi connectivity index (χ4n) is 5.07. The number of hydrogen-bond acceptors (Lipinski definition) is 2. The number of fused-ring (bicyclic) bond motifs is 4. The molecule has 3 atom stereocenters. The van der Waals surface area contributed by atoms with Gasteiger partial charge in [0.25, 0.3) is 0 Å². The number of piperidine rings is 1. The second-order valence-electron chi connectivity index (χ2n) is 8.37. The van der Waals surface area contributed by atoms with Crippen LogP contribution in [0.25, 0.3) is 0 Å². The molecular formula is C22H35NO. The van der Waals surface area contributed by atoms with Crippen LogP contribution in [-0.2, 0) is 11.8 Å². The van der Waals surface area contributed by atoms with Crippen molar-refractivity contribution in [2.24, 2.45) is 5.92 Å². The zero-order valence-corrected chi connectivity index (χ0v) is 15.9. The Kier molecular flexibility index (Phi) is 5.54. The standard InChI is InChI=1S/C22H35NO/c1-4-5-6-7-8-9-13-23-14-12-22(3)17(2)21(23)15-18-10-11-19(24)16-20(18)22/h10-11,16-17,21,24H,4-9,12-15H2,1-3H3/t17-,21+,22-/m0/s1. The molecule has 0 aromatic heterocycles. The van der Waals surface area contributed by atoms with Crippen LogP contribution in [0.4, 0.5) is 0 Å². The van der Waals surface area contributed by atoms with E-state index in [0.29, 0.717) is 17.7 Å². The summed E-state index contributed by atoms with van der Waals surface area (Å²) in [5, 5.41) is 9.93. The molecule has 1 aliphatic carbocycles. The summed E-state index contributed by atoms with van der Waals surface area (Å²) in [5.74, 6) is 1.09. The highest BCUT2D eigenvalue weighted by Crippen LogP contribution is 2.49. The molecule has 0 radical (unpaired) electrons. The molecule has 0 spiro atoms. The van der Waals surface area contributed by atoms with Crippen molar-refractivity contribution in [3.8, 4) is 5.75 Å². The molecule has 1 saturated heterocycles. The van der Waals surface area contributed by atoms with Crippen molar-refractivity contribution >= 4 is 0 Å². The van der Waals surface area contributed by atoms with E-state index in [1.165, 1.54) is 69.2 Å². The molecule has 1 aromatic rings. The SMILES string of the molecule is CCCCCCCCN1CC[C@]2(C)c3cc(O)ccc3C[C@@H]1[C@@H]2C. The summed E-state index contributed by atoms with van der Waals surface area (Å²) in [6.07, 6.45) is 10.7. The van der Waals surface area contributed by atoms with Crippen LogP contribution in [0, 0.1) is 5.92 Å². The topological polar surface area (TPSA) is 23.5 Å². The number of phenolic OH excluding ortho intramolecular Hbond substituents is 1. The first-order valence-electron chi connectivity index (χ1n) is 10.1. The van der Waals surface area contributed by atoms with Crippen LogP contribution in [0.2, 0.25) is 0 Å². The molecule has 2 bridgehead atoms. The fourth-order valence-corrected chi connectivity index (χ4v) is 5.07. The first-order chi connectivity index (χ1) is 11.6. The highest BCUT2D eigenvalue weighted by atomic mass is 16.3. The Morgan fingerprint density at radius 1 is 1.17 bits per heavy atom. The number of unbranched alkanes of at least 4 members (excludes halogenated alkanes) is 5. The lowest BCUT2D eigenvalue weighted by atomic mass is 9.59. The van der Waals surface area contributed by atoms with Crippen molar-refractivity contribution in [2.45, 2.75) is 83.6 Å². The molecular weight excluding hydrogens is 294 g/mol. The molecule has 24 heavy (non-hydrogen) atoms. The van der Waals surface area contributed by atoms with Gasteiger partial charge in [0.05, 0.1) is 0 Å². The fraction of sp³-hybridized carbons (Fsp3) is 0.727. The van der Waals surface area contributed by atoms with E-state index in [4.69, 9.17) is 0 Å². The summed E-state index contributed by atoms with van der Waals surface area (Å²) in [7, 11) is 0. The maximum absolute atomic E-state index is 9.93. The highest BCUT2D eigenvalue weighted by molar-refractivity contribution is 5.44. The van der Waals surface area contributed by atoms with Gasteiger partial charge in [-0.15, -0.1) is 0 Å². The lowest BCUT2D eigenvalue weighted by Gasteiger charge is -2.54. The minimum Gasteiger partial charge on any atom is -0.508 e. The first-order valence-corrected chi connectivity index (χ1v) is 10.1. The molecule has 0 saturated carbocycles. The predicted molar refractivity (Wildman–Crippen MR) is 102 cm³/mol. The zero-order valence-electron chi connectivity index (χ0n) is 15.9. The van der Waals surface area contributed by atoms with Gasteiger partial charge in [-0.25, -0.2) is 0 Å². The summed E-state index contributed by atoms with van der Waals surface area (Å²) in [6, 6.07) is 6.74. The zero-order chi connectivity index (χ0) is 17.2. The molecule has 1 heterocycles. The van der Waals surface area contributed by atoms with Crippen molar-refractivity contribution in [2.75, 3.05) is 13.1 Å². The van der Waals surface area contributed by atoms with Crippen molar-refractivity contribution in [1.29, 1.82) is 0 Å². The summed E-state index contributed by atoms with van der Waals surface area (Å²) in [6.45, 7) is 9.63. The Hall–Kier alpha value is -1.02. The van der Waals surface area contributed by atoms with E-state index in [1.54, 1.807) is 0 Å². The second kappa shape index (κ2) is 7.47. The largest absolute Gasteiger partial charge is 0.508 e. The van der Waals surface area contributed by atoms with Crippen LogP contribution >= 0.6 is 0 Å². The number of phenols is 1. The molecule has 3 rings (SSSR count). The number of nitrogens with zero attached hydrogens (tertiary/aromatic N) is 1. The molecule has 1 aliphatic heterocycles. The van der Waals surface area contributed by atoms with Crippen LogP contribution in [0.15, 0.2) is 18.2 Å². The molecule has 0 unspecified atom stereocenters. The van der Waals surface area contributed by atoms with Crippen molar-refractivity contribution in [1.82, 2.24) is 4.90 Å². The first kappa shape index (κ1) is 17.8. The lowest BCUT2D eigenvalue weighted by molar-refractivity contribution is 0.0302. The van der Waals surface area contributed by atoms with E-state index < -0.39 is 0 Å². The normalized spacial score (nSPS) is 29.5. The molecule has 1 aromatic carbocycles. The Labute approximate surface area is 148 Å². The number of likely N-dealkylation sites (tertiary alicyclic amines) is 1. The summed E-state index contributed by atoms with van der Waals surface area (Å²) >= 11 is 0. The van der Waals surface area contributed by atoms with Crippen molar-refractivity contribution in [3.05, 3.63) is 29.3 Å². The van der Waals surface area contributed by atoms with Gasteiger partial charge in [0.2, 0.25) is 0 Å². The molecule has 2 nitrogen and oxygen atoms in total. The average molecular weight is 330 g/mol. The number of hydrogen-bond donors (Lipinski definition) is 1. The minimum absolute atomic E-state index is 0.231. The quantitative estimate of drug-likeness (QED) is 0.688. The second-order valence-corrected chi connectivity index (χ2v) is 8.37. The third-order valence-corrected chi connectivity index (χ3v) is 6.91. The smallest absolute Gasteiger partial charge is 0.115 e. The van der Waals surface area contributed by atoms with Crippen molar-refractivity contribution < 1.29 is 5.11 Å². The number of rotatable bonds is 7. The number of benzene rings is 1. The van der Waals surface area contributed by atoms with E-state index >= 15 is 0 Å². The Balaban J connectivity index is 1.64. The molecule has 0 amide bonds. The van der Waals surface area contributed by atoms with E-state index in [1.807, 2.05) is 12.1 Å². The van der Waals surface area contributed by atoms with Gasteiger partial charge >= 0.3 is 0 Å². The third kappa shape index (κ3) is 3.35. The Morgan fingerprint density at radius 2 is 1.92 bits per heavy atom. The van der Waals surface area contributed by atoms with Gasteiger partial charge in [-0.3, -0.25) is 4.90 Å². The van der Waals surface area contributed by atoms with Gasteiger partial charge in [0.15, 0.2) is 0 Å². The Morgan fingerprint density at radius 3 is 2.71 bits per heavy atom. The van der Waals surface area contributed by atoms with E-state index in [2.05, 4.69) is 31.7 Å². The molecule has 2 aliphatic rings. The average Bonchev–Trinajstić information content (AvgIpc) is 2.56. The van der Waals surface area contributed by atoms with E-state index in [9.17, 15) is 5.11 Å². The maximum Gasteiger partial charge on any atom is 0.115 e.